The Labute approximate surface area is 110 Å². The molecule has 2 N–H and O–H groups in total. The Hall–Kier alpha value is -1.75. The quantitative estimate of drug-likeness (QED) is 0.923. The molecular weight excluding hydrogens is 246 g/mol. The molecule has 5 heteroatoms. The number of hydrogen-bond donors (Lipinski definition) is 1. The lowest BCUT2D eigenvalue weighted by Gasteiger charge is -2.16. The Kier molecular flexibility index (Phi) is 2.83. The van der Waals surface area contributed by atoms with Crippen molar-refractivity contribution in [3.8, 4) is 5.75 Å². The monoisotopic (exact) mass is 261 g/mol. The van der Waals surface area contributed by atoms with Gasteiger partial charge in [-0.15, -0.1) is 0 Å². The van der Waals surface area contributed by atoms with Crippen molar-refractivity contribution in [2.24, 2.45) is 0 Å². The van der Waals surface area contributed by atoms with E-state index in [9.17, 15) is 0 Å². The number of ether oxygens (including phenoxy) is 1. The average Bonchev–Trinajstić information content (AvgIpc) is 2.94. The summed E-state index contributed by atoms with van der Waals surface area (Å²) in [6, 6.07) is 8.49. The molecule has 1 aliphatic heterocycles. The number of anilines is 2. The van der Waals surface area contributed by atoms with Gasteiger partial charge in [-0.1, -0.05) is 24.3 Å². The topological polar surface area (TPSA) is 51.4 Å². The fourth-order valence-electron chi connectivity index (χ4n) is 2.24. The maximum atomic E-state index is 5.85. The van der Waals surface area contributed by atoms with Crippen LogP contribution in [0.3, 0.4) is 0 Å². The van der Waals surface area contributed by atoms with Gasteiger partial charge in [0.05, 0.1) is 6.61 Å². The number of nitrogen functional groups attached to an aromatic ring is 1. The fraction of sp³-hybridized carbons (Fsp3) is 0.308. The third-order valence-corrected chi connectivity index (χ3v) is 3.98. The lowest BCUT2D eigenvalue weighted by Crippen LogP contribution is -2.14. The highest BCUT2D eigenvalue weighted by atomic mass is 32.1. The SMILES string of the molecule is CCOc1c(N)nsc1N1Cc2ccccc2C1. The smallest absolute Gasteiger partial charge is 0.197 e. The molecule has 0 aliphatic carbocycles. The molecule has 18 heavy (non-hydrogen) atoms. The highest BCUT2D eigenvalue weighted by molar-refractivity contribution is 7.11. The van der Waals surface area contributed by atoms with Crippen LogP contribution in [0.1, 0.15) is 18.1 Å². The van der Waals surface area contributed by atoms with Gasteiger partial charge in [-0.25, -0.2) is 0 Å². The lowest BCUT2D eigenvalue weighted by molar-refractivity contribution is 0.343. The molecule has 1 aromatic carbocycles. The van der Waals surface area contributed by atoms with Gasteiger partial charge < -0.3 is 15.4 Å². The van der Waals surface area contributed by atoms with Gasteiger partial charge in [-0.05, 0) is 29.6 Å². The first kappa shape index (κ1) is 11.3. The van der Waals surface area contributed by atoms with Gasteiger partial charge in [0.1, 0.15) is 0 Å². The molecule has 0 saturated carbocycles. The van der Waals surface area contributed by atoms with Crippen LogP contribution in [0.15, 0.2) is 24.3 Å². The van der Waals surface area contributed by atoms with E-state index in [1.54, 1.807) is 0 Å². The van der Waals surface area contributed by atoms with Gasteiger partial charge in [-0.3, -0.25) is 0 Å². The van der Waals surface area contributed by atoms with E-state index < -0.39 is 0 Å². The zero-order chi connectivity index (χ0) is 12.5. The van der Waals surface area contributed by atoms with E-state index in [4.69, 9.17) is 10.5 Å². The summed E-state index contributed by atoms with van der Waals surface area (Å²) in [6.07, 6.45) is 0. The summed E-state index contributed by atoms with van der Waals surface area (Å²) < 4.78 is 9.80. The minimum Gasteiger partial charge on any atom is -0.487 e. The molecular formula is C13H15N3OS. The molecule has 0 radical (unpaired) electrons. The lowest BCUT2D eigenvalue weighted by atomic mass is 10.1. The molecule has 94 valence electrons. The summed E-state index contributed by atoms with van der Waals surface area (Å²) in [5, 5.41) is 1.03. The van der Waals surface area contributed by atoms with E-state index in [1.165, 1.54) is 22.7 Å². The number of rotatable bonds is 3. The van der Waals surface area contributed by atoms with Crippen LogP contribution >= 0.6 is 11.5 Å². The van der Waals surface area contributed by atoms with Gasteiger partial charge in [0.25, 0.3) is 0 Å². The molecule has 2 aromatic rings. The number of fused-ring (bicyclic) bond motifs is 1. The molecule has 1 aliphatic rings. The number of nitrogens with two attached hydrogens (primary N) is 1. The summed E-state index contributed by atoms with van der Waals surface area (Å²) >= 11 is 1.41. The largest absolute Gasteiger partial charge is 0.487 e. The number of benzene rings is 1. The van der Waals surface area contributed by atoms with Crippen molar-refractivity contribution in [3.63, 3.8) is 0 Å². The van der Waals surface area contributed by atoms with Crippen molar-refractivity contribution in [1.82, 2.24) is 4.37 Å². The van der Waals surface area contributed by atoms with Crippen LogP contribution in [0.5, 0.6) is 5.75 Å². The van der Waals surface area contributed by atoms with Crippen LogP contribution < -0.4 is 15.4 Å². The van der Waals surface area contributed by atoms with Crippen LogP contribution in [0.2, 0.25) is 0 Å². The maximum Gasteiger partial charge on any atom is 0.197 e. The molecule has 3 rings (SSSR count). The number of hydrogen-bond acceptors (Lipinski definition) is 5. The van der Waals surface area contributed by atoms with Crippen LogP contribution in [-0.4, -0.2) is 11.0 Å². The van der Waals surface area contributed by atoms with E-state index >= 15 is 0 Å². The second-order valence-corrected chi connectivity index (χ2v) is 5.01. The normalized spacial score (nSPS) is 13.7. The predicted molar refractivity (Wildman–Crippen MR) is 74.0 cm³/mol. The van der Waals surface area contributed by atoms with Crippen LogP contribution in [0.25, 0.3) is 0 Å². The van der Waals surface area contributed by atoms with Crippen molar-refractivity contribution in [3.05, 3.63) is 35.4 Å². The highest BCUT2D eigenvalue weighted by Gasteiger charge is 2.24. The van der Waals surface area contributed by atoms with Gasteiger partial charge in [0.2, 0.25) is 0 Å². The van der Waals surface area contributed by atoms with Crippen molar-refractivity contribution in [2.45, 2.75) is 20.0 Å². The maximum absolute atomic E-state index is 5.85. The van der Waals surface area contributed by atoms with Crippen LogP contribution in [0, 0.1) is 0 Å². The summed E-state index contributed by atoms with van der Waals surface area (Å²) in [7, 11) is 0. The Morgan fingerprint density at radius 2 is 2.00 bits per heavy atom. The van der Waals surface area contributed by atoms with Crippen molar-refractivity contribution >= 4 is 22.4 Å². The first-order chi connectivity index (χ1) is 8.79. The van der Waals surface area contributed by atoms with Crippen molar-refractivity contribution < 1.29 is 4.74 Å². The third-order valence-electron chi connectivity index (χ3n) is 3.07. The van der Waals surface area contributed by atoms with Crippen LogP contribution in [-0.2, 0) is 13.1 Å². The summed E-state index contributed by atoms with van der Waals surface area (Å²) in [5.74, 6) is 1.23. The van der Waals surface area contributed by atoms with Crippen molar-refractivity contribution in [1.29, 1.82) is 0 Å². The Morgan fingerprint density at radius 3 is 2.61 bits per heavy atom. The molecule has 0 bridgehead atoms. The number of nitrogens with zero attached hydrogens (tertiary/aromatic N) is 2. The first-order valence-electron chi connectivity index (χ1n) is 5.99. The summed E-state index contributed by atoms with van der Waals surface area (Å²) in [6.45, 7) is 4.37. The first-order valence-corrected chi connectivity index (χ1v) is 6.76. The van der Waals surface area contributed by atoms with E-state index in [0.29, 0.717) is 12.4 Å². The average molecular weight is 261 g/mol. The van der Waals surface area contributed by atoms with E-state index in [1.807, 2.05) is 6.92 Å². The molecule has 0 spiro atoms. The fourth-order valence-corrected chi connectivity index (χ4v) is 3.00. The van der Waals surface area contributed by atoms with Gasteiger partial charge in [0.15, 0.2) is 16.6 Å². The second-order valence-electron chi connectivity index (χ2n) is 4.26. The molecule has 0 fully saturated rings. The third kappa shape index (κ3) is 1.80. The van der Waals surface area contributed by atoms with Gasteiger partial charge in [0, 0.05) is 13.1 Å². The Balaban J connectivity index is 1.90. The number of aromatic nitrogens is 1. The van der Waals surface area contributed by atoms with Crippen LogP contribution in [0.4, 0.5) is 10.8 Å². The molecule has 0 unspecified atom stereocenters. The Bertz CT molecular complexity index is 542. The Morgan fingerprint density at radius 1 is 1.33 bits per heavy atom. The molecule has 2 heterocycles. The van der Waals surface area contributed by atoms with Gasteiger partial charge in [-0.2, -0.15) is 4.37 Å². The molecule has 0 saturated heterocycles. The standard InChI is InChI=1S/C13H15N3OS/c1-2-17-11-12(14)15-18-13(11)16-7-9-5-3-4-6-10(9)8-16/h3-6H,2,7-8H2,1H3,(H2,14,15). The molecule has 4 nitrogen and oxygen atoms in total. The molecule has 0 amide bonds. The highest BCUT2D eigenvalue weighted by Crippen LogP contribution is 2.41. The summed E-state index contributed by atoms with van der Waals surface area (Å²) in [4.78, 5) is 2.27. The van der Waals surface area contributed by atoms with Crippen molar-refractivity contribution in [2.75, 3.05) is 17.2 Å². The van der Waals surface area contributed by atoms with E-state index in [2.05, 4.69) is 33.5 Å². The molecule has 1 aromatic heterocycles. The van der Waals surface area contributed by atoms with E-state index in [-0.39, 0.29) is 0 Å². The second kappa shape index (κ2) is 4.49. The van der Waals surface area contributed by atoms with E-state index in [0.717, 1.165) is 23.8 Å². The zero-order valence-corrected chi connectivity index (χ0v) is 11.0. The van der Waals surface area contributed by atoms with Gasteiger partial charge >= 0.3 is 0 Å². The summed E-state index contributed by atoms with van der Waals surface area (Å²) in [5.41, 5.74) is 8.58. The minimum absolute atomic E-state index is 0.493. The predicted octanol–water partition coefficient (Wildman–Crippen LogP) is 2.64. The zero-order valence-electron chi connectivity index (χ0n) is 10.2. The molecule has 0 atom stereocenters. The minimum atomic E-state index is 0.493.